The van der Waals surface area contributed by atoms with Crippen molar-refractivity contribution >= 4 is 33.7 Å². The van der Waals surface area contributed by atoms with Crippen LogP contribution in [0.4, 0.5) is 4.39 Å². The van der Waals surface area contributed by atoms with Gasteiger partial charge in [-0.05, 0) is 47.2 Å². The maximum atomic E-state index is 14.8. The van der Waals surface area contributed by atoms with E-state index in [1.165, 1.54) is 12.1 Å². The molecule has 0 amide bonds. The number of halogens is 1. The Labute approximate surface area is 180 Å². The Morgan fingerprint density at radius 3 is 2.25 bits per heavy atom. The van der Waals surface area contributed by atoms with E-state index in [9.17, 15) is 18.8 Å². The lowest BCUT2D eigenvalue weighted by Crippen LogP contribution is -2.29. The van der Waals surface area contributed by atoms with Crippen LogP contribution in [0.5, 0.6) is 0 Å². The number of fused-ring (bicyclic) bond motifs is 2. The first-order valence-corrected chi connectivity index (χ1v) is 9.75. The number of carboxylic acids is 1. The molecule has 0 saturated carbocycles. The van der Waals surface area contributed by atoms with Gasteiger partial charge in [-0.15, -0.1) is 0 Å². The van der Waals surface area contributed by atoms with Gasteiger partial charge in [0.2, 0.25) is 0 Å². The molecule has 0 spiro atoms. The van der Waals surface area contributed by atoms with Crippen molar-refractivity contribution in [1.82, 2.24) is 9.13 Å². The molecule has 1 aromatic heterocycles. The second-order valence-electron chi connectivity index (χ2n) is 7.25. The van der Waals surface area contributed by atoms with Crippen molar-refractivity contribution in [2.24, 2.45) is 0 Å². The standard InChI is InChI=1S/C25H15FN2O4/c26-19-14-16(24(30)31)12-13-20(19)27-21-10-3-4-11-22(21)28(25(27)32)23(29)18-9-5-7-15-6-1-2-8-17(15)18/h1-14H,(H,30,31). The fourth-order valence-electron chi connectivity index (χ4n) is 3.93. The van der Waals surface area contributed by atoms with Crippen molar-refractivity contribution in [3.63, 3.8) is 0 Å². The molecule has 6 nitrogen and oxygen atoms in total. The SMILES string of the molecule is O=C(O)c1ccc(-n2c(=O)n(C(=O)c3cccc4ccccc34)c3ccccc32)c(F)c1. The first-order chi connectivity index (χ1) is 15.5. The lowest BCUT2D eigenvalue weighted by atomic mass is 10.0. The number of para-hydroxylation sites is 2. The molecule has 7 heteroatoms. The van der Waals surface area contributed by atoms with Gasteiger partial charge in [0, 0.05) is 5.56 Å². The average Bonchev–Trinajstić information content (AvgIpc) is 3.09. The van der Waals surface area contributed by atoms with Gasteiger partial charge in [-0.25, -0.2) is 18.5 Å². The van der Waals surface area contributed by atoms with Gasteiger partial charge in [-0.3, -0.25) is 9.36 Å². The van der Waals surface area contributed by atoms with E-state index < -0.39 is 23.4 Å². The van der Waals surface area contributed by atoms with Crippen molar-refractivity contribution < 1.29 is 19.1 Å². The Bertz CT molecular complexity index is 1610. The summed E-state index contributed by atoms with van der Waals surface area (Å²) in [5.74, 6) is -2.70. The summed E-state index contributed by atoms with van der Waals surface area (Å²) < 4.78 is 16.9. The van der Waals surface area contributed by atoms with Gasteiger partial charge >= 0.3 is 11.7 Å². The van der Waals surface area contributed by atoms with E-state index in [1.54, 1.807) is 42.5 Å². The third-order valence-electron chi connectivity index (χ3n) is 5.40. The molecule has 0 atom stereocenters. The molecular formula is C25H15FN2O4. The van der Waals surface area contributed by atoms with Crippen molar-refractivity contribution in [2.75, 3.05) is 0 Å². The number of rotatable bonds is 3. The highest BCUT2D eigenvalue weighted by Gasteiger charge is 2.23. The van der Waals surface area contributed by atoms with Crippen LogP contribution in [-0.4, -0.2) is 26.1 Å². The molecule has 32 heavy (non-hydrogen) atoms. The van der Waals surface area contributed by atoms with Gasteiger partial charge in [-0.2, -0.15) is 0 Å². The predicted octanol–water partition coefficient (Wildman–Crippen LogP) is 4.47. The summed E-state index contributed by atoms with van der Waals surface area (Å²) in [6.07, 6.45) is 0. The largest absolute Gasteiger partial charge is 0.478 e. The summed E-state index contributed by atoms with van der Waals surface area (Å²) in [6, 6.07) is 22.5. The monoisotopic (exact) mass is 426 g/mol. The van der Waals surface area contributed by atoms with Crippen molar-refractivity contribution in [2.45, 2.75) is 0 Å². The Kier molecular flexibility index (Phi) is 4.44. The smallest absolute Gasteiger partial charge is 0.340 e. The number of carbonyl (C=O) groups excluding carboxylic acids is 1. The molecule has 5 aromatic rings. The van der Waals surface area contributed by atoms with Gasteiger partial charge in [0.25, 0.3) is 5.91 Å². The second-order valence-corrected chi connectivity index (χ2v) is 7.25. The van der Waals surface area contributed by atoms with E-state index in [-0.39, 0.29) is 11.3 Å². The molecule has 0 aliphatic heterocycles. The Hall–Kier alpha value is -4.52. The Balaban J connectivity index is 1.78. The molecule has 4 aromatic carbocycles. The van der Waals surface area contributed by atoms with Crippen LogP contribution < -0.4 is 5.69 Å². The number of hydrogen-bond acceptors (Lipinski definition) is 3. The van der Waals surface area contributed by atoms with E-state index in [1.807, 2.05) is 24.3 Å². The van der Waals surface area contributed by atoms with Crippen LogP contribution in [0.1, 0.15) is 20.7 Å². The minimum Gasteiger partial charge on any atom is -0.478 e. The van der Waals surface area contributed by atoms with Gasteiger partial charge < -0.3 is 5.11 Å². The Morgan fingerprint density at radius 2 is 1.50 bits per heavy atom. The third-order valence-corrected chi connectivity index (χ3v) is 5.40. The van der Waals surface area contributed by atoms with E-state index in [0.29, 0.717) is 22.0 Å². The number of imidazole rings is 1. The zero-order chi connectivity index (χ0) is 22.4. The zero-order valence-corrected chi connectivity index (χ0v) is 16.5. The lowest BCUT2D eigenvalue weighted by Gasteiger charge is -2.07. The normalized spacial score (nSPS) is 11.2. The highest BCUT2D eigenvalue weighted by atomic mass is 19.1. The van der Waals surface area contributed by atoms with Gasteiger partial charge in [0.15, 0.2) is 0 Å². The van der Waals surface area contributed by atoms with Crippen molar-refractivity contribution in [3.8, 4) is 5.69 Å². The van der Waals surface area contributed by atoms with E-state index >= 15 is 0 Å². The number of benzene rings is 4. The minimum atomic E-state index is -1.28. The summed E-state index contributed by atoms with van der Waals surface area (Å²) in [7, 11) is 0. The molecular weight excluding hydrogens is 411 g/mol. The topological polar surface area (TPSA) is 81.3 Å². The number of nitrogens with zero attached hydrogens (tertiary/aromatic N) is 2. The molecule has 5 rings (SSSR count). The van der Waals surface area contributed by atoms with Crippen LogP contribution in [0.2, 0.25) is 0 Å². The van der Waals surface area contributed by atoms with Gasteiger partial charge in [0.1, 0.15) is 5.82 Å². The number of hydrogen-bond donors (Lipinski definition) is 1. The predicted molar refractivity (Wildman–Crippen MR) is 118 cm³/mol. The first-order valence-electron chi connectivity index (χ1n) is 9.75. The lowest BCUT2D eigenvalue weighted by molar-refractivity contribution is 0.0696. The number of carboxylic acid groups (broad SMARTS) is 1. The fraction of sp³-hybridized carbons (Fsp3) is 0. The molecule has 0 aliphatic carbocycles. The summed E-state index contributed by atoms with van der Waals surface area (Å²) in [5, 5.41) is 10.6. The summed E-state index contributed by atoms with van der Waals surface area (Å²) in [4.78, 5) is 38.1. The quantitative estimate of drug-likeness (QED) is 0.462. The summed E-state index contributed by atoms with van der Waals surface area (Å²) >= 11 is 0. The average molecular weight is 426 g/mol. The molecule has 0 fully saturated rings. The van der Waals surface area contributed by atoms with Crippen LogP contribution in [-0.2, 0) is 0 Å². The molecule has 1 N–H and O–H groups in total. The van der Waals surface area contributed by atoms with Crippen molar-refractivity contribution in [3.05, 3.63) is 112 Å². The number of aromatic carboxylic acids is 1. The maximum Gasteiger partial charge on any atom is 0.340 e. The minimum absolute atomic E-state index is 0.138. The highest BCUT2D eigenvalue weighted by molar-refractivity contribution is 6.10. The first kappa shape index (κ1) is 19.4. The van der Waals surface area contributed by atoms with Crippen LogP contribution in [0.25, 0.3) is 27.5 Å². The Morgan fingerprint density at radius 1 is 0.812 bits per heavy atom. The van der Waals surface area contributed by atoms with Crippen LogP contribution in [0, 0.1) is 5.82 Å². The summed E-state index contributed by atoms with van der Waals surface area (Å²) in [6.45, 7) is 0. The second kappa shape index (κ2) is 7.31. The van der Waals surface area contributed by atoms with Gasteiger partial charge in [0.05, 0.1) is 22.3 Å². The molecule has 0 aliphatic rings. The fourth-order valence-corrected chi connectivity index (χ4v) is 3.93. The zero-order valence-electron chi connectivity index (χ0n) is 16.5. The van der Waals surface area contributed by atoms with Crippen LogP contribution in [0.3, 0.4) is 0 Å². The van der Waals surface area contributed by atoms with E-state index in [4.69, 9.17) is 5.11 Å². The van der Waals surface area contributed by atoms with Gasteiger partial charge in [-0.1, -0.05) is 48.5 Å². The highest BCUT2D eigenvalue weighted by Crippen LogP contribution is 2.24. The third kappa shape index (κ3) is 2.91. The van der Waals surface area contributed by atoms with E-state index in [2.05, 4.69) is 0 Å². The van der Waals surface area contributed by atoms with Crippen LogP contribution in [0.15, 0.2) is 89.7 Å². The molecule has 0 bridgehead atoms. The van der Waals surface area contributed by atoms with E-state index in [0.717, 1.165) is 20.6 Å². The maximum absolute atomic E-state index is 14.8. The molecule has 1 heterocycles. The molecule has 0 unspecified atom stereocenters. The molecule has 0 radical (unpaired) electrons. The van der Waals surface area contributed by atoms with Crippen LogP contribution >= 0.6 is 0 Å². The molecule has 0 saturated heterocycles. The number of aromatic nitrogens is 2. The summed E-state index contributed by atoms with van der Waals surface area (Å²) in [5.41, 5.74) is -0.137. The molecule has 156 valence electrons. The number of carbonyl (C=O) groups is 2. The van der Waals surface area contributed by atoms with Crippen molar-refractivity contribution in [1.29, 1.82) is 0 Å².